The van der Waals surface area contributed by atoms with Gasteiger partial charge in [-0.25, -0.2) is 13.4 Å². The zero-order valence-corrected chi connectivity index (χ0v) is 15.2. The molecule has 0 aromatic carbocycles. The highest BCUT2D eigenvalue weighted by molar-refractivity contribution is 7.92. The van der Waals surface area contributed by atoms with Crippen LogP contribution < -0.4 is 4.90 Å². The van der Waals surface area contributed by atoms with E-state index in [0.717, 1.165) is 25.2 Å². The van der Waals surface area contributed by atoms with Gasteiger partial charge in [0.05, 0.1) is 22.5 Å². The predicted octanol–water partition coefficient (Wildman–Crippen LogP) is 2.34. The van der Waals surface area contributed by atoms with Crippen LogP contribution >= 0.6 is 0 Å². The summed E-state index contributed by atoms with van der Waals surface area (Å²) < 4.78 is 29.2. The van der Waals surface area contributed by atoms with Crippen molar-refractivity contribution in [1.29, 1.82) is 0 Å². The number of pyridine rings is 1. The fourth-order valence-corrected chi connectivity index (χ4v) is 3.77. The van der Waals surface area contributed by atoms with E-state index < -0.39 is 14.6 Å². The Labute approximate surface area is 142 Å². The van der Waals surface area contributed by atoms with Crippen LogP contribution in [0.25, 0.3) is 0 Å². The molecule has 8 heteroatoms. The third-order valence-electron chi connectivity index (χ3n) is 4.25. The summed E-state index contributed by atoms with van der Waals surface area (Å²) in [4.78, 5) is 10.6. The van der Waals surface area contributed by atoms with E-state index in [4.69, 9.17) is 4.52 Å². The van der Waals surface area contributed by atoms with Crippen LogP contribution in [0.3, 0.4) is 0 Å². The van der Waals surface area contributed by atoms with Gasteiger partial charge in [-0.15, -0.1) is 0 Å². The zero-order chi connectivity index (χ0) is 17.5. The number of hydrogen-bond acceptors (Lipinski definition) is 7. The molecule has 1 saturated heterocycles. The van der Waals surface area contributed by atoms with Crippen LogP contribution in [0.4, 0.5) is 5.69 Å². The van der Waals surface area contributed by atoms with Crippen molar-refractivity contribution in [2.45, 2.75) is 49.8 Å². The van der Waals surface area contributed by atoms with Crippen LogP contribution in [0.15, 0.2) is 27.9 Å². The maximum absolute atomic E-state index is 12.4. The summed E-state index contributed by atoms with van der Waals surface area (Å²) in [6.07, 6.45) is 2.55. The van der Waals surface area contributed by atoms with Gasteiger partial charge in [-0.3, -0.25) is 0 Å². The van der Waals surface area contributed by atoms with Crippen molar-refractivity contribution in [2.24, 2.45) is 0 Å². The van der Waals surface area contributed by atoms with Gasteiger partial charge in [0.25, 0.3) is 0 Å². The van der Waals surface area contributed by atoms with E-state index in [1.54, 1.807) is 40.0 Å². The average Bonchev–Trinajstić information content (AvgIpc) is 3.15. The lowest BCUT2D eigenvalue weighted by molar-refractivity contribution is 0.356. The second-order valence-electron chi connectivity index (χ2n) is 7.08. The molecule has 0 saturated carbocycles. The number of aryl methyl sites for hydroxylation is 1. The van der Waals surface area contributed by atoms with E-state index in [0.29, 0.717) is 11.7 Å². The molecule has 0 spiro atoms. The molecule has 3 rings (SSSR count). The lowest BCUT2D eigenvalue weighted by Crippen LogP contribution is -2.28. The van der Waals surface area contributed by atoms with Crippen molar-refractivity contribution in [3.8, 4) is 0 Å². The van der Waals surface area contributed by atoms with Gasteiger partial charge in [-0.1, -0.05) is 5.16 Å². The molecule has 1 unspecified atom stereocenters. The first-order valence-corrected chi connectivity index (χ1v) is 9.42. The SMILES string of the molecule is Cc1noc(C2CCN(c3ccc(S(=O)(=O)C(C)(C)C)nc3)C2)n1. The van der Waals surface area contributed by atoms with Crippen LogP contribution in [0, 0.1) is 6.92 Å². The van der Waals surface area contributed by atoms with Gasteiger partial charge in [0, 0.05) is 13.1 Å². The van der Waals surface area contributed by atoms with E-state index in [1.165, 1.54) is 0 Å². The Morgan fingerprint density at radius 2 is 2.04 bits per heavy atom. The molecular formula is C16H22N4O3S. The van der Waals surface area contributed by atoms with Crippen LogP contribution in [0.5, 0.6) is 0 Å². The minimum Gasteiger partial charge on any atom is -0.369 e. The van der Waals surface area contributed by atoms with E-state index in [9.17, 15) is 8.42 Å². The Balaban J connectivity index is 1.75. The quantitative estimate of drug-likeness (QED) is 0.839. The number of sulfone groups is 1. The van der Waals surface area contributed by atoms with Crippen molar-refractivity contribution < 1.29 is 12.9 Å². The van der Waals surface area contributed by atoms with Crippen molar-refractivity contribution >= 4 is 15.5 Å². The molecule has 2 aromatic heterocycles. The van der Waals surface area contributed by atoms with Crippen molar-refractivity contribution in [3.63, 3.8) is 0 Å². The Morgan fingerprint density at radius 1 is 1.29 bits per heavy atom. The predicted molar refractivity (Wildman–Crippen MR) is 89.8 cm³/mol. The highest BCUT2D eigenvalue weighted by atomic mass is 32.2. The van der Waals surface area contributed by atoms with Gasteiger partial charge in [-0.05, 0) is 46.2 Å². The number of hydrogen-bond donors (Lipinski definition) is 0. The monoisotopic (exact) mass is 350 g/mol. The second kappa shape index (κ2) is 5.84. The summed E-state index contributed by atoms with van der Waals surface area (Å²) in [7, 11) is -3.43. The fourth-order valence-electron chi connectivity index (χ4n) is 2.71. The van der Waals surface area contributed by atoms with Gasteiger partial charge in [0.1, 0.15) is 0 Å². The molecule has 24 heavy (non-hydrogen) atoms. The Kier molecular flexibility index (Phi) is 4.11. The Morgan fingerprint density at radius 3 is 2.58 bits per heavy atom. The molecule has 1 aliphatic heterocycles. The fraction of sp³-hybridized carbons (Fsp3) is 0.562. The first kappa shape index (κ1) is 16.9. The normalized spacial score (nSPS) is 19.0. The van der Waals surface area contributed by atoms with Crippen LogP contribution in [-0.4, -0.2) is 41.4 Å². The molecule has 0 amide bonds. The summed E-state index contributed by atoms with van der Waals surface area (Å²) in [5, 5.41) is 3.95. The second-order valence-corrected chi connectivity index (χ2v) is 9.73. The molecule has 130 valence electrons. The molecule has 0 aliphatic carbocycles. The summed E-state index contributed by atoms with van der Waals surface area (Å²) >= 11 is 0. The molecule has 1 aliphatic rings. The molecule has 0 N–H and O–H groups in total. The number of nitrogens with zero attached hydrogens (tertiary/aromatic N) is 4. The molecule has 1 atom stereocenters. The zero-order valence-electron chi connectivity index (χ0n) is 14.4. The topological polar surface area (TPSA) is 89.2 Å². The lowest BCUT2D eigenvalue weighted by Gasteiger charge is -2.20. The molecular weight excluding hydrogens is 328 g/mol. The Bertz CT molecular complexity index is 822. The largest absolute Gasteiger partial charge is 0.369 e. The number of anilines is 1. The van der Waals surface area contributed by atoms with E-state index in [2.05, 4.69) is 20.0 Å². The van der Waals surface area contributed by atoms with Gasteiger partial charge >= 0.3 is 0 Å². The summed E-state index contributed by atoms with van der Waals surface area (Å²) in [6, 6.07) is 3.40. The van der Waals surface area contributed by atoms with E-state index in [1.807, 2.05) is 6.07 Å². The van der Waals surface area contributed by atoms with Crippen molar-refractivity contribution in [3.05, 3.63) is 30.0 Å². The average molecular weight is 350 g/mol. The van der Waals surface area contributed by atoms with E-state index >= 15 is 0 Å². The first-order chi connectivity index (χ1) is 11.2. The highest BCUT2D eigenvalue weighted by Gasteiger charge is 2.33. The van der Waals surface area contributed by atoms with Crippen LogP contribution in [-0.2, 0) is 9.84 Å². The van der Waals surface area contributed by atoms with E-state index in [-0.39, 0.29) is 10.9 Å². The Hall–Kier alpha value is -1.96. The highest BCUT2D eigenvalue weighted by Crippen LogP contribution is 2.30. The minimum atomic E-state index is -3.43. The number of aromatic nitrogens is 3. The standard InChI is InChI=1S/C16H22N4O3S/c1-11-18-15(23-19-11)12-7-8-20(10-12)13-5-6-14(17-9-13)24(21,22)16(2,3)4/h5-6,9,12H,7-8,10H2,1-4H3. The number of rotatable bonds is 3. The van der Waals surface area contributed by atoms with Gasteiger partial charge in [0.2, 0.25) is 5.89 Å². The van der Waals surface area contributed by atoms with Crippen LogP contribution in [0.1, 0.15) is 44.8 Å². The van der Waals surface area contributed by atoms with Gasteiger partial charge in [-0.2, -0.15) is 4.98 Å². The van der Waals surface area contributed by atoms with Crippen molar-refractivity contribution in [1.82, 2.24) is 15.1 Å². The van der Waals surface area contributed by atoms with Crippen LogP contribution in [0.2, 0.25) is 0 Å². The first-order valence-electron chi connectivity index (χ1n) is 7.94. The molecule has 2 aromatic rings. The van der Waals surface area contributed by atoms with Gasteiger partial charge in [0.15, 0.2) is 20.7 Å². The molecule has 7 nitrogen and oxygen atoms in total. The summed E-state index contributed by atoms with van der Waals surface area (Å²) in [6.45, 7) is 8.44. The lowest BCUT2D eigenvalue weighted by atomic mass is 10.1. The molecule has 1 fully saturated rings. The third-order valence-corrected chi connectivity index (χ3v) is 6.65. The third kappa shape index (κ3) is 3.02. The molecule has 3 heterocycles. The summed E-state index contributed by atoms with van der Waals surface area (Å²) in [5.74, 6) is 1.50. The summed E-state index contributed by atoms with van der Waals surface area (Å²) in [5.41, 5.74) is 0.904. The minimum absolute atomic E-state index is 0.113. The smallest absolute Gasteiger partial charge is 0.231 e. The maximum atomic E-state index is 12.4. The molecule has 0 radical (unpaired) electrons. The maximum Gasteiger partial charge on any atom is 0.231 e. The van der Waals surface area contributed by atoms with Crippen molar-refractivity contribution in [2.75, 3.05) is 18.0 Å². The van der Waals surface area contributed by atoms with Gasteiger partial charge < -0.3 is 9.42 Å². The molecule has 0 bridgehead atoms.